The summed E-state index contributed by atoms with van der Waals surface area (Å²) in [5.41, 5.74) is 0.0890. The van der Waals surface area contributed by atoms with Gasteiger partial charge in [0, 0.05) is 18.3 Å². The minimum atomic E-state index is -0.869. The Kier molecular flexibility index (Phi) is 5.83. The van der Waals surface area contributed by atoms with Crippen molar-refractivity contribution in [2.45, 2.75) is 83.5 Å². The zero-order valence-electron chi connectivity index (χ0n) is 19.3. The number of rotatable bonds is 5. The van der Waals surface area contributed by atoms with Crippen molar-refractivity contribution in [1.82, 2.24) is 0 Å². The van der Waals surface area contributed by atoms with Crippen molar-refractivity contribution in [3.63, 3.8) is 0 Å². The van der Waals surface area contributed by atoms with Gasteiger partial charge in [0.15, 0.2) is 24.3 Å². The van der Waals surface area contributed by atoms with Crippen LogP contribution in [0.25, 0.3) is 0 Å². The minimum Gasteiger partial charge on any atom is -0.464 e. The standard InChI is InChI=1S/C25H34O7/c1-5-27-21(26)20(17-9-7-6-8-10-17)28-22-16(3)19-12-11-15(2)18-13-14-24(4)30-23(29-22)25(18,19)32-31-24/h6-10,15-16,18-20,22-23H,5,11-14H2,1-4H3/t15-,16-,18+,19+,20+,22+,23-,24-,25-/m1/s1. The average Bonchev–Trinajstić information content (AvgIpc) is 3.02. The van der Waals surface area contributed by atoms with Crippen LogP contribution in [-0.2, 0) is 33.5 Å². The lowest BCUT2D eigenvalue weighted by molar-refractivity contribution is -0.578. The molecule has 7 heteroatoms. The minimum absolute atomic E-state index is 0.0171. The molecule has 7 nitrogen and oxygen atoms in total. The summed E-state index contributed by atoms with van der Waals surface area (Å²) in [6.07, 6.45) is 1.70. The summed E-state index contributed by atoms with van der Waals surface area (Å²) in [5.74, 6) is -0.368. The molecule has 0 amide bonds. The molecule has 4 aliphatic heterocycles. The molecule has 0 N–H and O–H groups in total. The maximum atomic E-state index is 12.8. The van der Waals surface area contributed by atoms with Crippen molar-refractivity contribution < 1.29 is 33.5 Å². The van der Waals surface area contributed by atoms with Gasteiger partial charge in [-0.3, -0.25) is 0 Å². The van der Waals surface area contributed by atoms with Crippen molar-refractivity contribution in [3.8, 4) is 0 Å². The fourth-order valence-electron chi connectivity index (χ4n) is 6.28. The Balaban J connectivity index is 1.46. The Morgan fingerprint density at radius 3 is 2.66 bits per heavy atom. The van der Waals surface area contributed by atoms with E-state index in [1.807, 2.05) is 37.3 Å². The van der Waals surface area contributed by atoms with Crippen molar-refractivity contribution in [2.24, 2.45) is 23.7 Å². The van der Waals surface area contributed by atoms with Crippen LogP contribution in [0, 0.1) is 23.7 Å². The Bertz CT molecular complexity index is 831. The number of benzene rings is 1. The van der Waals surface area contributed by atoms with E-state index >= 15 is 0 Å². The molecule has 32 heavy (non-hydrogen) atoms. The van der Waals surface area contributed by atoms with Gasteiger partial charge in [-0.05, 0) is 50.5 Å². The SMILES string of the molecule is CCOC(=O)[C@@H](O[C@H]1O[C@@H]2O[C@@]3(C)CC[C@H]4[C@H](C)CC[C@@H]([C@H]1C)[C@@]24OO3)c1ccccc1. The average molecular weight is 447 g/mol. The maximum absolute atomic E-state index is 12.8. The van der Waals surface area contributed by atoms with E-state index < -0.39 is 36.0 Å². The molecule has 176 valence electrons. The van der Waals surface area contributed by atoms with Crippen LogP contribution in [0.4, 0.5) is 0 Å². The topological polar surface area (TPSA) is 72.5 Å². The largest absolute Gasteiger partial charge is 0.464 e. The molecule has 4 saturated heterocycles. The smallest absolute Gasteiger partial charge is 0.340 e. The second-order valence-electron chi connectivity index (χ2n) is 9.95. The van der Waals surface area contributed by atoms with Crippen LogP contribution in [-0.4, -0.2) is 36.5 Å². The van der Waals surface area contributed by atoms with Crippen LogP contribution >= 0.6 is 0 Å². The fourth-order valence-corrected chi connectivity index (χ4v) is 6.28. The predicted octanol–water partition coefficient (Wildman–Crippen LogP) is 4.52. The summed E-state index contributed by atoms with van der Waals surface area (Å²) in [5, 5.41) is 0. The molecule has 0 radical (unpaired) electrons. The molecule has 2 bridgehead atoms. The lowest BCUT2D eigenvalue weighted by atomic mass is 9.58. The third kappa shape index (κ3) is 3.49. The molecule has 1 aromatic rings. The van der Waals surface area contributed by atoms with E-state index in [9.17, 15) is 4.79 Å². The molecule has 0 aromatic heterocycles. The second kappa shape index (κ2) is 8.37. The molecule has 5 fully saturated rings. The first-order valence-electron chi connectivity index (χ1n) is 11.9. The van der Waals surface area contributed by atoms with E-state index in [0.717, 1.165) is 31.2 Å². The van der Waals surface area contributed by atoms with Crippen LogP contribution in [0.3, 0.4) is 0 Å². The zero-order chi connectivity index (χ0) is 22.5. The van der Waals surface area contributed by atoms with E-state index in [4.69, 9.17) is 28.7 Å². The molecule has 4 heterocycles. The van der Waals surface area contributed by atoms with Crippen molar-refractivity contribution in [1.29, 1.82) is 0 Å². The van der Waals surface area contributed by atoms with Gasteiger partial charge in [-0.15, -0.1) is 0 Å². The molecule has 5 aliphatic rings. The highest BCUT2D eigenvalue weighted by Gasteiger charge is 2.69. The summed E-state index contributed by atoms with van der Waals surface area (Å²) in [6.45, 7) is 8.38. The van der Waals surface area contributed by atoms with Crippen LogP contribution in [0.5, 0.6) is 0 Å². The first-order chi connectivity index (χ1) is 15.4. The van der Waals surface area contributed by atoms with Gasteiger partial charge < -0.3 is 18.9 Å². The van der Waals surface area contributed by atoms with Gasteiger partial charge in [0.25, 0.3) is 0 Å². The first-order valence-corrected chi connectivity index (χ1v) is 11.9. The van der Waals surface area contributed by atoms with Gasteiger partial charge >= 0.3 is 5.97 Å². The lowest BCUT2D eigenvalue weighted by Crippen LogP contribution is -2.70. The normalized spacial score (nSPS) is 43.8. The summed E-state index contributed by atoms with van der Waals surface area (Å²) < 4.78 is 24.6. The van der Waals surface area contributed by atoms with Gasteiger partial charge in [0.05, 0.1) is 6.61 Å². The summed E-state index contributed by atoms with van der Waals surface area (Å²) in [7, 11) is 0. The van der Waals surface area contributed by atoms with Crippen LogP contribution < -0.4 is 0 Å². The predicted molar refractivity (Wildman–Crippen MR) is 114 cm³/mol. The maximum Gasteiger partial charge on any atom is 0.340 e. The van der Waals surface area contributed by atoms with E-state index in [1.165, 1.54) is 0 Å². The van der Waals surface area contributed by atoms with Crippen molar-refractivity contribution in [2.75, 3.05) is 6.61 Å². The molecule has 6 rings (SSSR count). The third-order valence-corrected chi connectivity index (χ3v) is 7.97. The number of fused-ring (bicyclic) bond motifs is 2. The van der Waals surface area contributed by atoms with Crippen molar-refractivity contribution >= 4 is 5.97 Å². The number of carbonyl (C=O) groups is 1. The van der Waals surface area contributed by atoms with Gasteiger partial charge in [-0.1, -0.05) is 44.2 Å². The van der Waals surface area contributed by atoms with E-state index in [-0.39, 0.29) is 24.4 Å². The number of hydrogen-bond acceptors (Lipinski definition) is 7. The fraction of sp³-hybridized carbons (Fsp3) is 0.720. The van der Waals surface area contributed by atoms with Crippen LogP contribution in [0.15, 0.2) is 30.3 Å². The Labute approximate surface area is 189 Å². The number of ether oxygens (including phenoxy) is 4. The van der Waals surface area contributed by atoms with Crippen LogP contribution in [0.1, 0.15) is 65.0 Å². The Hall–Kier alpha value is -1.51. The van der Waals surface area contributed by atoms with Gasteiger partial charge in [-0.25, -0.2) is 14.6 Å². The molecule has 1 saturated carbocycles. The van der Waals surface area contributed by atoms with Gasteiger partial charge in [-0.2, -0.15) is 0 Å². The number of carbonyl (C=O) groups excluding carboxylic acids is 1. The lowest BCUT2D eigenvalue weighted by Gasteiger charge is -2.60. The Morgan fingerprint density at radius 1 is 1.12 bits per heavy atom. The van der Waals surface area contributed by atoms with Gasteiger partial charge in [0.1, 0.15) is 0 Å². The van der Waals surface area contributed by atoms with Crippen molar-refractivity contribution in [3.05, 3.63) is 35.9 Å². The van der Waals surface area contributed by atoms with E-state index in [0.29, 0.717) is 5.92 Å². The quantitative estimate of drug-likeness (QED) is 0.486. The zero-order valence-corrected chi connectivity index (χ0v) is 19.3. The number of esters is 1. The highest BCUT2D eigenvalue weighted by Crippen LogP contribution is 2.60. The molecule has 1 aromatic carbocycles. The van der Waals surface area contributed by atoms with E-state index in [1.54, 1.807) is 6.92 Å². The first kappa shape index (κ1) is 22.3. The number of hydrogen-bond donors (Lipinski definition) is 0. The molecule has 1 aliphatic carbocycles. The van der Waals surface area contributed by atoms with Gasteiger partial charge in [0.2, 0.25) is 5.79 Å². The van der Waals surface area contributed by atoms with Crippen LogP contribution in [0.2, 0.25) is 0 Å². The highest BCUT2D eigenvalue weighted by atomic mass is 17.3. The molecular formula is C25H34O7. The second-order valence-corrected chi connectivity index (χ2v) is 9.95. The molecule has 9 atom stereocenters. The molecule has 1 spiro atoms. The summed E-state index contributed by atoms with van der Waals surface area (Å²) >= 11 is 0. The molecular weight excluding hydrogens is 412 g/mol. The summed E-state index contributed by atoms with van der Waals surface area (Å²) in [6, 6.07) is 9.43. The molecule has 0 unspecified atom stereocenters. The third-order valence-electron chi connectivity index (χ3n) is 7.97. The highest BCUT2D eigenvalue weighted by molar-refractivity contribution is 5.76. The monoisotopic (exact) mass is 446 g/mol. The summed E-state index contributed by atoms with van der Waals surface area (Å²) in [4.78, 5) is 24.9. The van der Waals surface area contributed by atoms with E-state index in [2.05, 4.69) is 13.8 Å². The Morgan fingerprint density at radius 2 is 1.91 bits per heavy atom.